The van der Waals surface area contributed by atoms with Crippen LogP contribution in [0.25, 0.3) is 22.4 Å². The molecule has 0 aliphatic carbocycles. The van der Waals surface area contributed by atoms with E-state index in [1.807, 2.05) is 30.5 Å². The summed E-state index contributed by atoms with van der Waals surface area (Å²) < 4.78 is 25.9. The molecule has 4 aromatic heterocycles. The summed E-state index contributed by atoms with van der Waals surface area (Å²) in [5.41, 5.74) is 2.85. The molecule has 1 unspecified atom stereocenters. The molecule has 1 atom stereocenters. The molecule has 2 N–H and O–H groups in total. The van der Waals surface area contributed by atoms with Crippen molar-refractivity contribution < 1.29 is 8.42 Å². The number of pyridine rings is 1. The summed E-state index contributed by atoms with van der Waals surface area (Å²) in [6.07, 6.45) is 9.99. The summed E-state index contributed by atoms with van der Waals surface area (Å²) in [6.45, 7) is 4.07. The van der Waals surface area contributed by atoms with Crippen molar-refractivity contribution in [2.45, 2.75) is 18.9 Å². The zero-order valence-corrected chi connectivity index (χ0v) is 22.0. The SMILES string of the molecule is CS(=O)(=O)N1CCCC(Nc2nc(N3CCN(c4ccccn4)CC3)ncc2-c2cnc3[nH]ccc3n2)C1. The Hall–Kier alpha value is -3.84. The summed E-state index contributed by atoms with van der Waals surface area (Å²) >= 11 is 0. The Labute approximate surface area is 221 Å². The third-order valence-corrected chi connectivity index (χ3v) is 8.31. The van der Waals surface area contributed by atoms with Crippen LogP contribution in [0.3, 0.4) is 0 Å². The summed E-state index contributed by atoms with van der Waals surface area (Å²) in [7, 11) is -3.27. The van der Waals surface area contributed by atoms with Gasteiger partial charge in [-0.3, -0.25) is 0 Å². The van der Waals surface area contributed by atoms with Crippen LogP contribution in [-0.4, -0.2) is 94.2 Å². The zero-order chi connectivity index (χ0) is 26.1. The molecule has 6 rings (SSSR count). The Morgan fingerprint density at radius 2 is 1.82 bits per heavy atom. The Morgan fingerprint density at radius 1 is 0.974 bits per heavy atom. The van der Waals surface area contributed by atoms with Crippen molar-refractivity contribution in [2.24, 2.45) is 0 Å². The second-order valence-electron chi connectivity index (χ2n) is 9.67. The molecule has 38 heavy (non-hydrogen) atoms. The third kappa shape index (κ3) is 5.11. The first-order chi connectivity index (χ1) is 18.4. The number of nitrogens with zero attached hydrogens (tertiary/aromatic N) is 8. The lowest BCUT2D eigenvalue weighted by molar-refractivity contribution is 0.329. The molecule has 2 saturated heterocycles. The first kappa shape index (κ1) is 24.5. The molecule has 2 fully saturated rings. The van der Waals surface area contributed by atoms with E-state index in [4.69, 9.17) is 15.0 Å². The van der Waals surface area contributed by atoms with Gasteiger partial charge in [-0.15, -0.1) is 0 Å². The fourth-order valence-corrected chi connectivity index (χ4v) is 5.93. The lowest BCUT2D eigenvalue weighted by atomic mass is 10.1. The second kappa shape index (κ2) is 10.1. The normalized spacial score (nSPS) is 19.1. The number of piperidine rings is 1. The van der Waals surface area contributed by atoms with Crippen LogP contribution in [0.4, 0.5) is 17.6 Å². The maximum atomic E-state index is 12.2. The van der Waals surface area contributed by atoms with Gasteiger partial charge >= 0.3 is 0 Å². The number of fused-ring (bicyclic) bond motifs is 1. The van der Waals surface area contributed by atoms with E-state index in [0.717, 1.165) is 55.9 Å². The van der Waals surface area contributed by atoms with E-state index in [1.54, 1.807) is 18.6 Å². The van der Waals surface area contributed by atoms with Gasteiger partial charge in [0.25, 0.3) is 0 Å². The van der Waals surface area contributed by atoms with Crippen molar-refractivity contribution in [3.63, 3.8) is 0 Å². The number of rotatable bonds is 6. The highest BCUT2D eigenvalue weighted by molar-refractivity contribution is 7.88. The van der Waals surface area contributed by atoms with Gasteiger partial charge in [-0.2, -0.15) is 4.98 Å². The number of aromatic nitrogens is 6. The van der Waals surface area contributed by atoms with Gasteiger partial charge in [0, 0.05) is 63.9 Å². The van der Waals surface area contributed by atoms with Gasteiger partial charge in [-0.1, -0.05) is 6.07 Å². The van der Waals surface area contributed by atoms with Crippen LogP contribution in [0.5, 0.6) is 0 Å². The van der Waals surface area contributed by atoms with Crippen LogP contribution >= 0.6 is 0 Å². The average molecular weight is 535 g/mol. The van der Waals surface area contributed by atoms with Gasteiger partial charge in [-0.05, 0) is 31.0 Å². The highest BCUT2D eigenvalue weighted by Crippen LogP contribution is 2.29. The second-order valence-corrected chi connectivity index (χ2v) is 11.6. The minimum Gasteiger partial charge on any atom is -0.365 e. The smallest absolute Gasteiger partial charge is 0.227 e. The number of sulfonamides is 1. The topological polar surface area (TPSA) is 136 Å². The van der Waals surface area contributed by atoms with E-state index in [-0.39, 0.29) is 6.04 Å². The number of hydrogen-bond acceptors (Lipinski definition) is 10. The minimum atomic E-state index is -3.27. The van der Waals surface area contributed by atoms with E-state index in [2.05, 4.69) is 30.1 Å². The monoisotopic (exact) mass is 534 g/mol. The van der Waals surface area contributed by atoms with E-state index >= 15 is 0 Å². The van der Waals surface area contributed by atoms with Crippen molar-refractivity contribution in [1.29, 1.82) is 0 Å². The van der Waals surface area contributed by atoms with Crippen LogP contribution in [-0.2, 0) is 10.0 Å². The number of hydrogen-bond donors (Lipinski definition) is 2. The van der Waals surface area contributed by atoms with Crippen molar-refractivity contribution in [3.05, 3.63) is 49.1 Å². The summed E-state index contributed by atoms with van der Waals surface area (Å²) in [4.78, 5) is 30.9. The van der Waals surface area contributed by atoms with E-state index in [0.29, 0.717) is 36.2 Å². The number of anilines is 3. The first-order valence-corrected chi connectivity index (χ1v) is 14.6. The van der Waals surface area contributed by atoms with Crippen molar-refractivity contribution in [3.8, 4) is 11.3 Å². The van der Waals surface area contributed by atoms with Crippen LogP contribution < -0.4 is 15.1 Å². The number of nitrogens with one attached hydrogen (secondary N) is 2. The van der Waals surface area contributed by atoms with Gasteiger partial charge in [0.1, 0.15) is 17.2 Å². The Morgan fingerprint density at radius 3 is 2.61 bits per heavy atom. The van der Waals surface area contributed by atoms with E-state index < -0.39 is 10.0 Å². The zero-order valence-electron chi connectivity index (χ0n) is 21.2. The standard InChI is InChI=1S/C25H30N10O2S/c1-38(36,37)35-10-4-5-18(17-35)30-23-19(21-16-28-24-20(31-21)7-9-27-24)15-29-25(32-23)34-13-11-33(12-14-34)22-6-2-3-8-26-22/h2-3,6-9,15-16,18H,4-5,10-14,17H2,1H3,(H,27,28)(H,29,30,32). The highest BCUT2D eigenvalue weighted by atomic mass is 32.2. The lowest BCUT2D eigenvalue weighted by Gasteiger charge is -2.36. The molecule has 0 aromatic carbocycles. The minimum absolute atomic E-state index is 0.0788. The molecular formula is C25H30N10O2S. The Kier molecular flexibility index (Phi) is 6.54. The predicted molar refractivity (Wildman–Crippen MR) is 147 cm³/mol. The molecule has 6 heterocycles. The van der Waals surface area contributed by atoms with Crippen molar-refractivity contribution in [2.75, 3.05) is 60.6 Å². The fraction of sp³-hybridized carbons (Fsp3) is 0.400. The highest BCUT2D eigenvalue weighted by Gasteiger charge is 2.28. The number of piperazine rings is 1. The van der Waals surface area contributed by atoms with Crippen molar-refractivity contribution in [1.82, 2.24) is 34.2 Å². The van der Waals surface area contributed by atoms with Crippen LogP contribution in [0, 0.1) is 0 Å². The maximum absolute atomic E-state index is 12.2. The molecule has 0 amide bonds. The van der Waals surface area contributed by atoms with Gasteiger partial charge in [0.05, 0.1) is 23.7 Å². The summed E-state index contributed by atoms with van der Waals surface area (Å²) in [6, 6.07) is 7.74. The number of H-pyrrole nitrogens is 1. The molecule has 13 heteroatoms. The molecule has 4 aromatic rings. The lowest BCUT2D eigenvalue weighted by Crippen LogP contribution is -2.47. The molecule has 2 aliphatic heterocycles. The average Bonchev–Trinajstić information content (AvgIpc) is 3.41. The van der Waals surface area contributed by atoms with Crippen molar-refractivity contribution >= 4 is 38.8 Å². The van der Waals surface area contributed by atoms with Crippen LogP contribution in [0.1, 0.15) is 12.8 Å². The molecule has 0 saturated carbocycles. The van der Waals surface area contributed by atoms with Gasteiger partial charge in [0.15, 0.2) is 5.65 Å². The fourth-order valence-electron chi connectivity index (χ4n) is 5.01. The van der Waals surface area contributed by atoms with E-state index in [1.165, 1.54) is 10.6 Å². The predicted octanol–water partition coefficient (Wildman–Crippen LogP) is 1.97. The molecule has 2 aliphatic rings. The van der Waals surface area contributed by atoms with Gasteiger partial charge < -0.3 is 20.1 Å². The Bertz CT molecular complexity index is 1520. The maximum Gasteiger partial charge on any atom is 0.227 e. The first-order valence-electron chi connectivity index (χ1n) is 12.7. The third-order valence-electron chi connectivity index (χ3n) is 7.04. The molecule has 12 nitrogen and oxygen atoms in total. The molecular weight excluding hydrogens is 504 g/mol. The molecule has 0 bridgehead atoms. The number of aromatic amines is 1. The summed E-state index contributed by atoms with van der Waals surface area (Å²) in [5, 5.41) is 3.53. The van der Waals surface area contributed by atoms with Crippen LogP contribution in [0.2, 0.25) is 0 Å². The van der Waals surface area contributed by atoms with Gasteiger partial charge in [-0.25, -0.2) is 32.7 Å². The largest absolute Gasteiger partial charge is 0.365 e. The van der Waals surface area contributed by atoms with E-state index in [9.17, 15) is 8.42 Å². The van der Waals surface area contributed by atoms with Gasteiger partial charge in [0.2, 0.25) is 16.0 Å². The molecule has 0 spiro atoms. The molecule has 198 valence electrons. The van der Waals surface area contributed by atoms with Crippen LogP contribution in [0.15, 0.2) is 49.1 Å². The summed E-state index contributed by atoms with van der Waals surface area (Å²) in [5.74, 6) is 2.23. The molecule has 0 radical (unpaired) electrons. The Balaban J connectivity index is 1.28. The quantitative estimate of drug-likeness (QED) is 0.378.